The first-order valence-electron chi connectivity index (χ1n) is 3.49. The summed E-state index contributed by atoms with van der Waals surface area (Å²) in [5.74, 6) is 2.16. The standard InChI is InChI=1S/C8H11NO/c1-3-8(10)7-4-5-9-6(7)2/h1,6-7,9H,4-5H2,2H3. The van der Waals surface area contributed by atoms with Gasteiger partial charge >= 0.3 is 0 Å². The molecule has 10 heavy (non-hydrogen) atoms. The van der Waals surface area contributed by atoms with Crippen LogP contribution in [0.5, 0.6) is 0 Å². The molecule has 2 atom stereocenters. The Morgan fingerprint density at radius 2 is 2.50 bits per heavy atom. The van der Waals surface area contributed by atoms with Crippen molar-refractivity contribution in [3.8, 4) is 12.3 Å². The van der Waals surface area contributed by atoms with Crippen molar-refractivity contribution in [3.63, 3.8) is 0 Å². The SMILES string of the molecule is C#CC(=O)C1CCNC1C. The Bertz CT molecular complexity index is 180. The molecule has 1 heterocycles. The average Bonchev–Trinajstić information content (AvgIpc) is 2.34. The first-order valence-corrected chi connectivity index (χ1v) is 3.49. The van der Waals surface area contributed by atoms with E-state index in [1.807, 2.05) is 6.92 Å². The Balaban J connectivity index is 2.57. The molecule has 0 radical (unpaired) electrons. The first-order chi connectivity index (χ1) is 4.75. The highest BCUT2D eigenvalue weighted by molar-refractivity contribution is 5.97. The first kappa shape index (κ1) is 7.30. The molecular weight excluding hydrogens is 126 g/mol. The predicted molar refractivity (Wildman–Crippen MR) is 39.4 cm³/mol. The second kappa shape index (κ2) is 2.85. The summed E-state index contributed by atoms with van der Waals surface area (Å²) in [6, 6.07) is 0.267. The summed E-state index contributed by atoms with van der Waals surface area (Å²) in [4.78, 5) is 10.9. The van der Waals surface area contributed by atoms with Crippen molar-refractivity contribution in [1.82, 2.24) is 5.32 Å². The number of nitrogens with one attached hydrogen (secondary N) is 1. The van der Waals surface area contributed by atoms with Gasteiger partial charge in [-0.15, -0.1) is 6.42 Å². The number of carbonyl (C=O) groups is 1. The van der Waals surface area contributed by atoms with Crippen LogP contribution < -0.4 is 5.32 Å². The third-order valence-corrected chi connectivity index (χ3v) is 2.00. The van der Waals surface area contributed by atoms with Gasteiger partial charge < -0.3 is 5.32 Å². The summed E-state index contributed by atoms with van der Waals surface area (Å²) >= 11 is 0. The molecular formula is C8H11NO. The molecule has 0 aliphatic carbocycles. The molecule has 2 unspecified atom stereocenters. The maximum Gasteiger partial charge on any atom is 0.209 e. The molecule has 0 aromatic rings. The molecule has 0 aromatic heterocycles. The van der Waals surface area contributed by atoms with E-state index in [4.69, 9.17) is 6.42 Å². The lowest BCUT2D eigenvalue weighted by Crippen LogP contribution is -2.27. The van der Waals surface area contributed by atoms with Crippen LogP contribution in [0.25, 0.3) is 0 Å². The van der Waals surface area contributed by atoms with Gasteiger partial charge in [-0.25, -0.2) is 0 Å². The van der Waals surface area contributed by atoms with Crippen molar-refractivity contribution in [2.75, 3.05) is 6.54 Å². The molecule has 1 aliphatic heterocycles. The number of carbonyl (C=O) groups excluding carboxylic acids is 1. The van der Waals surface area contributed by atoms with Gasteiger partial charge in [0.05, 0.1) is 0 Å². The van der Waals surface area contributed by atoms with Crippen LogP contribution >= 0.6 is 0 Å². The molecule has 0 saturated carbocycles. The minimum Gasteiger partial charge on any atom is -0.313 e. The van der Waals surface area contributed by atoms with E-state index in [9.17, 15) is 4.79 Å². The summed E-state index contributed by atoms with van der Waals surface area (Å²) in [7, 11) is 0. The van der Waals surface area contributed by atoms with Crippen molar-refractivity contribution >= 4 is 5.78 Å². The van der Waals surface area contributed by atoms with E-state index in [1.54, 1.807) is 0 Å². The summed E-state index contributed by atoms with van der Waals surface area (Å²) in [6.45, 7) is 2.91. The lowest BCUT2D eigenvalue weighted by molar-refractivity contribution is -0.117. The fraction of sp³-hybridized carbons (Fsp3) is 0.625. The van der Waals surface area contributed by atoms with Crippen molar-refractivity contribution in [3.05, 3.63) is 0 Å². The predicted octanol–water partition coefficient (Wildman–Crippen LogP) is 0.187. The van der Waals surface area contributed by atoms with E-state index in [1.165, 1.54) is 0 Å². The molecule has 0 spiro atoms. The maximum atomic E-state index is 10.9. The molecule has 1 N–H and O–H groups in total. The summed E-state index contributed by atoms with van der Waals surface area (Å²) < 4.78 is 0. The van der Waals surface area contributed by atoms with Crippen LogP contribution in [0.2, 0.25) is 0 Å². The largest absolute Gasteiger partial charge is 0.313 e. The average molecular weight is 137 g/mol. The molecule has 2 heteroatoms. The van der Waals surface area contributed by atoms with Crippen LogP contribution in [0.3, 0.4) is 0 Å². The highest BCUT2D eigenvalue weighted by Gasteiger charge is 2.27. The van der Waals surface area contributed by atoms with Crippen LogP contribution in [0.15, 0.2) is 0 Å². The van der Waals surface area contributed by atoms with E-state index in [0.717, 1.165) is 13.0 Å². The smallest absolute Gasteiger partial charge is 0.209 e. The van der Waals surface area contributed by atoms with Gasteiger partial charge in [0.1, 0.15) is 0 Å². The Hall–Kier alpha value is -0.810. The van der Waals surface area contributed by atoms with Gasteiger partial charge in [-0.05, 0) is 25.8 Å². The molecule has 0 amide bonds. The normalized spacial score (nSPS) is 31.6. The Morgan fingerprint density at radius 1 is 1.80 bits per heavy atom. The number of hydrogen-bond acceptors (Lipinski definition) is 2. The topological polar surface area (TPSA) is 29.1 Å². The molecule has 1 saturated heterocycles. The van der Waals surface area contributed by atoms with Gasteiger partial charge in [0.2, 0.25) is 5.78 Å². The second-order valence-corrected chi connectivity index (χ2v) is 2.65. The fourth-order valence-corrected chi connectivity index (χ4v) is 1.32. The van der Waals surface area contributed by atoms with E-state index >= 15 is 0 Å². The minimum absolute atomic E-state index is 0.0579. The summed E-state index contributed by atoms with van der Waals surface area (Å²) in [5.41, 5.74) is 0. The quantitative estimate of drug-likeness (QED) is 0.413. The van der Waals surface area contributed by atoms with Gasteiger partial charge in [0.15, 0.2) is 0 Å². The Morgan fingerprint density at radius 3 is 2.90 bits per heavy atom. The fourth-order valence-electron chi connectivity index (χ4n) is 1.32. The highest BCUT2D eigenvalue weighted by Crippen LogP contribution is 2.15. The monoisotopic (exact) mass is 137 g/mol. The van der Waals surface area contributed by atoms with Crippen molar-refractivity contribution in [2.24, 2.45) is 5.92 Å². The van der Waals surface area contributed by atoms with E-state index in [0.29, 0.717) is 0 Å². The number of Topliss-reactive ketones (excluding diaryl/α,β-unsaturated/α-hetero) is 1. The van der Waals surface area contributed by atoms with E-state index in [2.05, 4.69) is 11.2 Å². The second-order valence-electron chi connectivity index (χ2n) is 2.65. The number of ketones is 1. The number of terminal acetylenes is 1. The van der Waals surface area contributed by atoms with Crippen molar-refractivity contribution < 1.29 is 4.79 Å². The van der Waals surface area contributed by atoms with Crippen LogP contribution in [0, 0.1) is 18.3 Å². The highest BCUT2D eigenvalue weighted by atomic mass is 16.1. The van der Waals surface area contributed by atoms with Crippen LogP contribution in [-0.4, -0.2) is 18.4 Å². The van der Waals surface area contributed by atoms with E-state index in [-0.39, 0.29) is 17.7 Å². The zero-order valence-corrected chi connectivity index (χ0v) is 6.05. The molecule has 54 valence electrons. The van der Waals surface area contributed by atoms with Crippen molar-refractivity contribution in [2.45, 2.75) is 19.4 Å². The lowest BCUT2D eigenvalue weighted by atomic mass is 9.97. The summed E-state index contributed by atoms with van der Waals surface area (Å²) in [6.07, 6.45) is 5.88. The van der Waals surface area contributed by atoms with Gasteiger partial charge in [-0.1, -0.05) is 0 Å². The summed E-state index contributed by atoms with van der Waals surface area (Å²) in [5, 5.41) is 3.17. The Labute approximate surface area is 61.0 Å². The van der Waals surface area contributed by atoms with Crippen molar-refractivity contribution in [1.29, 1.82) is 0 Å². The maximum absolute atomic E-state index is 10.9. The van der Waals surface area contributed by atoms with Gasteiger partial charge in [-0.3, -0.25) is 4.79 Å². The molecule has 1 rings (SSSR count). The number of rotatable bonds is 1. The lowest BCUT2D eigenvalue weighted by Gasteiger charge is -2.08. The molecule has 0 bridgehead atoms. The molecule has 2 nitrogen and oxygen atoms in total. The third kappa shape index (κ3) is 1.19. The van der Waals surface area contributed by atoms with E-state index < -0.39 is 0 Å². The Kier molecular flexibility index (Phi) is 2.08. The number of hydrogen-bond donors (Lipinski definition) is 1. The van der Waals surface area contributed by atoms with Crippen LogP contribution in [0.1, 0.15) is 13.3 Å². The van der Waals surface area contributed by atoms with Gasteiger partial charge in [0.25, 0.3) is 0 Å². The zero-order valence-electron chi connectivity index (χ0n) is 6.05. The molecule has 0 aromatic carbocycles. The zero-order chi connectivity index (χ0) is 7.56. The minimum atomic E-state index is -0.0579. The third-order valence-electron chi connectivity index (χ3n) is 2.00. The van der Waals surface area contributed by atoms with Crippen LogP contribution in [0.4, 0.5) is 0 Å². The molecule has 1 fully saturated rings. The van der Waals surface area contributed by atoms with Crippen LogP contribution in [-0.2, 0) is 4.79 Å². The van der Waals surface area contributed by atoms with Gasteiger partial charge in [-0.2, -0.15) is 0 Å². The molecule has 1 aliphatic rings. The van der Waals surface area contributed by atoms with Gasteiger partial charge in [0, 0.05) is 12.0 Å².